The monoisotopic (exact) mass is 616 g/mol. The Morgan fingerprint density at radius 2 is 0.894 bits per heavy atom. The smallest absolute Gasteiger partial charge is 0.145 e. The maximum absolute atomic E-state index is 9.17. The molecule has 1 N–H and O–H groups in total. The lowest BCUT2D eigenvalue weighted by molar-refractivity contribution is -0.0261. The highest BCUT2D eigenvalue weighted by atomic mass is 16.5. The molecular formula is C43H36O4. The van der Waals surface area contributed by atoms with E-state index in [0.717, 1.165) is 28.2 Å². The minimum atomic E-state index is -0.792. The predicted octanol–water partition coefficient (Wildman–Crippen LogP) is 9.11. The number of ether oxygens (including phenoxy) is 3. The maximum atomic E-state index is 9.17. The second-order valence-corrected chi connectivity index (χ2v) is 12.3. The molecule has 6 aromatic rings. The quantitative estimate of drug-likeness (QED) is 0.156. The molecular weight excluding hydrogens is 580 g/mol. The highest BCUT2D eigenvalue weighted by Gasteiger charge is 2.46. The van der Waals surface area contributed by atoms with E-state index >= 15 is 0 Å². The molecule has 0 radical (unpaired) electrons. The van der Waals surface area contributed by atoms with Gasteiger partial charge in [-0.1, -0.05) is 121 Å². The number of benzene rings is 6. The normalized spacial score (nSPS) is 14.6. The van der Waals surface area contributed by atoms with Crippen LogP contribution >= 0.6 is 0 Å². The minimum Gasteiger partial charge on any atom is -0.457 e. The van der Waals surface area contributed by atoms with Crippen LogP contribution in [0.2, 0.25) is 0 Å². The van der Waals surface area contributed by atoms with Gasteiger partial charge in [0.2, 0.25) is 0 Å². The van der Waals surface area contributed by atoms with Gasteiger partial charge in [0.1, 0.15) is 17.1 Å². The Labute approximate surface area is 275 Å². The van der Waals surface area contributed by atoms with Crippen LogP contribution in [0.1, 0.15) is 40.3 Å². The summed E-state index contributed by atoms with van der Waals surface area (Å²) in [6.07, 6.45) is 0. The van der Waals surface area contributed by atoms with Crippen molar-refractivity contribution >= 4 is 0 Å². The third kappa shape index (κ3) is 4.72. The highest BCUT2D eigenvalue weighted by molar-refractivity contribution is 5.84. The summed E-state index contributed by atoms with van der Waals surface area (Å²) >= 11 is 0. The zero-order valence-electron chi connectivity index (χ0n) is 26.4. The molecule has 0 saturated heterocycles. The van der Waals surface area contributed by atoms with Crippen molar-refractivity contribution in [2.24, 2.45) is 0 Å². The van der Waals surface area contributed by atoms with Gasteiger partial charge in [0.15, 0.2) is 0 Å². The zero-order valence-corrected chi connectivity index (χ0v) is 26.4. The van der Waals surface area contributed by atoms with Gasteiger partial charge >= 0.3 is 0 Å². The molecule has 0 unspecified atom stereocenters. The molecule has 0 aromatic heterocycles. The van der Waals surface area contributed by atoms with Crippen molar-refractivity contribution in [2.75, 3.05) is 26.4 Å². The molecule has 4 heteroatoms. The molecule has 4 nitrogen and oxygen atoms in total. The molecule has 8 rings (SSSR count). The van der Waals surface area contributed by atoms with E-state index < -0.39 is 5.60 Å². The molecule has 2 aliphatic carbocycles. The first-order valence-electron chi connectivity index (χ1n) is 16.2. The predicted molar refractivity (Wildman–Crippen MR) is 186 cm³/mol. The molecule has 0 amide bonds. The van der Waals surface area contributed by atoms with E-state index in [0.29, 0.717) is 13.2 Å². The number of hydrogen-bond donors (Lipinski definition) is 1. The average molecular weight is 617 g/mol. The fraction of sp³-hybridized carbons (Fsp3) is 0.163. The molecule has 0 saturated carbocycles. The van der Waals surface area contributed by atoms with Crippen LogP contribution < -0.4 is 4.74 Å². The van der Waals surface area contributed by atoms with Gasteiger partial charge in [0, 0.05) is 16.5 Å². The van der Waals surface area contributed by atoms with Crippen molar-refractivity contribution < 1.29 is 19.3 Å². The number of rotatable bonds is 10. The van der Waals surface area contributed by atoms with Gasteiger partial charge in [-0.25, -0.2) is 0 Å². The summed E-state index contributed by atoms with van der Waals surface area (Å²) in [5.41, 5.74) is 11.0. The SMILES string of the molecule is CC1(c2ccc(Oc3ccc(C4(OCCOCCO)c5ccccc5-c5ccccc54)cc3)cc2)c2ccccc2-c2ccccc21. The van der Waals surface area contributed by atoms with Crippen LogP contribution in [-0.2, 0) is 20.5 Å². The molecule has 0 spiro atoms. The van der Waals surface area contributed by atoms with E-state index in [1.807, 2.05) is 12.1 Å². The molecule has 6 aromatic carbocycles. The largest absolute Gasteiger partial charge is 0.457 e. The summed E-state index contributed by atoms with van der Waals surface area (Å²) < 4.78 is 18.8. The molecule has 0 atom stereocenters. The molecule has 0 fully saturated rings. The van der Waals surface area contributed by atoms with Crippen LogP contribution in [0.5, 0.6) is 11.5 Å². The van der Waals surface area contributed by atoms with Gasteiger partial charge in [-0.15, -0.1) is 0 Å². The van der Waals surface area contributed by atoms with E-state index in [-0.39, 0.29) is 18.6 Å². The molecule has 0 heterocycles. The van der Waals surface area contributed by atoms with Crippen LogP contribution in [0.3, 0.4) is 0 Å². The second-order valence-electron chi connectivity index (χ2n) is 12.3. The van der Waals surface area contributed by atoms with Crippen LogP contribution in [0.15, 0.2) is 146 Å². The molecule has 47 heavy (non-hydrogen) atoms. The van der Waals surface area contributed by atoms with Gasteiger partial charge in [0.25, 0.3) is 0 Å². The Morgan fingerprint density at radius 3 is 1.38 bits per heavy atom. The second kappa shape index (κ2) is 12.0. The van der Waals surface area contributed by atoms with Gasteiger partial charge in [0.05, 0.1) is 26.4 Å². The van der Waals surface area contributed by atoms with E-state index in [1.165, 1.54) is 38.9 Å². The molecule has 232 valence electrons. The topological polar surface area (TPSA) is 47.9 Å². The summed E-state index contributed by atoms with van der Waals surface area (Å²) in [4.78, 5) is 0. The average Bonchev–Trinajstić information content (AvgIpc) is 3.57. The molecule has 2 aliphatic rings. The standard InChI is InChI=1S/C43H36O4/c1-42(38-14-6-2-10-34(38)35-11-3-7-15-39(35)42)30-18-22-32(23-19-30)47-33-24-20-31(21-25-33)43(46-29-28-45-27-26-44)40-16-8-4-12-36(40)37-13-5-9-17-41(37)43/h2-25,44H,26-29H2,1H3. The summed E-state index contributed by atoms with van der Waals surface area (Å²) in [6.45, 7) is 3.36. The van der Waals surface area contributed by atoms with E-state index in [9.17, 15) is 0 Å². The number of hydrogen-bond acceptors (Lipinski definition) is 4. The van der Waals surface area contributed by atoms with Gasteiger partial charge in [-0.2, -0.15) is 0 Å². The Hall–Kier alpha value is -5.00. The Morgan fingerprint density at radius 1 is 0.468 bits per heavy atom. The fourth-order valence-electron chi connectivity index (χ4n) is 7.68. The van der Waals surface area contributed by atoms with Crippen molar-refractivity contribution in [3.05, 3.63) is 179 Å². The first-order chi connectivity index (χ1) is 23.1. The van der Waals surface area contributed by atoms with Gasteiger partial charge in [-0.05, 0) is 75.7 Å². The Balaban J connectivity index is 1.09. The first-order valence-corrected chi connectivity index (χ1v) is 16.2. The lowest BCUT2D eigenvalue weighted by Gasteiger charge is -2.33. The van der Waals surface area contributed by atoms with E-state index in [2.05, 4.69) is 140 Å². The fourth-order valence-corrected chi connectivity index (χ4v) is 7.68. The van der Waals surface area contributed by atoms with Crippen LogP contribution in [0, 0.1) is 0 Å². The zero-order chi connectivity index (χ0) is 31.8. The molecule has 0 aliphatic heterocycles. The van der Waals surface area contributed by atoms with E-state index in [4.69, 9.17) is 19.3 Å². The molecule has 0 bridgehead atoms. The van der Waals surface area contributed by atoms with Gasteiger partial charge < -0.3 is 19.3 Å². The van der Waals surface area contributed by atoms with Crippen molar-refractivity contribution in [3.63, 3.8) is 0 Å². The van der Waals surface area contributed by atoms with Crippen LogP contribution in [0.4, 0.5) is 0 Å². The number of aliphatic hydroxyl groups excluding tert-OH is 1. The maximum Gasteiger partial charge on any atom is 0.145 e. The summed E-state index contributed by atoms with van der Waals surface area (Å²) in [7, 11) is 0. The van der Waals surface area contributed by atoms with Crippen LogP contribution in [0.25, 0.3) is 22.3 Å². The van der Waals surface area contributed by atoms with Gasteiger partial charge in [-0.3, -0.25) is 0 Å². The van der Waals surface area contributed by atoms with E-state index in [1.54, 1.807) is 0 Å². The lowest BCUT2D eigenvalue weighted by atomic mass is 9.74. The van der Waals surface area contributed by atoms with Crippen LogP contribution in [-0.4, -0.2) is 31.5 Å². The van der Waals surface area contributed by atoms with Crippen molar-refractivity contribution in [1.29, 1.82) is 0 Å². The minimum absolute atomic E-state index is 0.0117. The third-order valence-corrected chi connectivity index (χ3v) is 9.83. The number of fused-ring (bicyclic) bond motifs is 6. The van der Waals surface area contributed by atoms with Crippen molar-refractivity contribution in [1.82, 2.24) is 0 Å². The summed E-state index contributed by atoms with van der Waals surface area (Å²) in [5, 5.41) is 9.17. The summed E-state index contributed by atoms with van der Waals surface area (Å²) in [6, 6.07) is 51.1. The first kappa shape index (κ1) is 29.4. The van der Waals surface area contributed by atoms with Crippen molar-refractivity contribution in [2.45, 2.75) is 17.9 Å². The number of aliphatic hydroxyl groups is 1. The Kier molecular flexibility index (Phi) is 7.49. The lowest BCUT2D eigenvalue weighted by Crippen LogP contribution is -2.32. The Bertz CT molecular complexity index is 1950. The highest BCUT2D eigenvalue weighted by Crippen LogP contribution is 2.54. The third-order valence-electron chi connectivity index (χ3n) is 9.83. The van der Waals surface area contributed by atoms with Crippen molar-refractivity contribution in [3.8, 4) is 33.8 Å². The summed E-state index contributed by atoms with van der Waals surface area (Å²) in [5.74, 6) is 1.54.